The molecule has 1 aliphatic rings. The molecule has 0 radical (unpaired) electrons. The summed E-state index contributed by atoms with van der Waals surface area (Å²) in [5, 5.41) is 5.14. The van der Waals surface area contributed by atoms with E-state index in [0.717, 1.165) is 31.4 Å². The van der Waals surface area contributed by atoms with E-state index in [1.54, 1.807) is 0 Å². The fraction of sp³-hybridized carbons (Fsp3) is 0.462. The number of benzene rings is 1. The zero-order valence-corrected chi connectivity index (χ0v) is 10.8. The lowest BCUT2D eigenvalue weighted by Gasteiger charge is -2.41. The van der Waals surface area contributed by atoms with Crippen LogP contribution in [0.1, 0.15) is 24.8 Å². The van der Waals surface area contributed by atoms with Crippen LogP contribution in [0.2, 0.25) is 0 Å². The van der Waals surface area contributed by atoms with Gasteiger partial charge in [0.15, 0.2) is 0 Å². The minimum atomic E-state index is -4.43. The molecule has 1 fully saturated rings. The molecule has 1 aromatic rings. The Hall–Kier alpha value is -1.76. The van der Waals surface area contributed by atoms with Gasteiger partial charge in [-0.25, -0.2) is 4.79 Å². The maximum Gasteiger partial charge on any atom is 0.416 e. The van der Waals surface area contributed by atoms with Crippen molar-refractivity contribution in [3.63, 3.8) is 0 Å². The second-order valence-electron chi connectivity index (χ2n) is 5.00. The topological polar surface area (TPSA) is 67.1 Å². The number of nitrogens with two attached hydrogens (primary N) is 1. The normalized spacial score (nSPS) is 17.2. The van der Waals surface area contributed by atoms with E-state index in [9.17, 15) is 18.0 Å². The van der Waals surface area contributed by atoms with E-state index in [1.165, 1.54) is 12.1 Å². The first-order chi connectivity index (χ1) is 9.35. The van der Waals surface area contributed by atoms with E-state index < -0.39 is 23.3 Å². The van der Waals surface area contributed by atoms with Crippen LogP contribution in [0.5, 0.6) is 0 Å². The number of rotatable bonds is 3. The van der Waals surface area contributed by atoms with Gasteiger partial charge in [0.25, 0.3) is 0 Å². The molecular formula is C13H16F3N3O. The van der Waals surface area contributed by atoms with Gasteiger partial charge in [-0.05, 0) is 37.5 Å². The molecule has 4 N–H and O–H groups in total. The third kappa shape index (κ3) is 3.22. The monoisotopic (exact) mass is 287 g/mol. The van der Waals surface area contributed by atoms with E-state index in [4.69, 9.17) is 5.73 Å². The summed E-state index contributed by atoms with van der Waals surface area (Å²) in [6, 6.07) is 3.98. The number of hydrogen-bond donors (Lipinski definition) is 3. The second kappa shape index (κ2) is 5.32. The van der Waals surface area contributed by atoms with Crippen molar-refractivity contribution in [2.75, 3.05) is 11.9 Å². The predicted molar refractivity (Wildman–Crippen MR) is 69.2 cm³/mol. The Bertz CT molecular complexity index is 492. The zero-order valence-electron chi connectivity index (χ0n) is 10.8. The molecule has 1 aromatic carbocycles. The van der Waals surface area contributed by atoms with Gasteiger partial charge >= 0.3 is 12.2 Å². The Kier molecular flexibility index (Phi) is 3.89. The molecule has 2 amide bonds. The molecular weight excluding hydrogens is 271 g/mol. The number of anilines is 1. The Morgan fingerprint density at radius 2 is 2.05 bits per heavy atom. The maximum absolute atomic E-state index is 12.5. The van der Waals surface area contributed by atoms with Crippen LogP contribution in [0.3, 0.4) is 0 Å². The predicted octanol–water partition coefficient (Wildman–Crippen LogP) is 2.71. The molecule has 1 aliphatic carbocycles. The lowest BCUT2D eigenvalue weighted by Crippen LogP contribution is -2.59. The third-order valence-corrected chi connectivity index (χ3v) is 3.53. The van der Waals surface area contributed by atoms with Crippen molar-refractivity contribution in [2.45, 2.75) is 31.0 Å². The van der Waals surface area contributed by atoms with Crippen molar-refractivity contribution in [1.82, 2.24) is 5.32 Å². The number of halogens is 3. The zero-order chi connectivity index (χ0) is 14.8. The number of alkyl halides is 3. The van der Waals surface area contributed by atoms with Gasteiger partial charge in [0, 0.05) is 12.2 Å². The lowest BCUT2D eigenvalue weighted by molar-refractivity contribution is -0.137. The Morgan fingerprint density at radius 1 is 1.35 bits per heavy atom. The molecule has 7 heteroatoms. The molecule has 0 unspecified atom stereocenters. The number of nitrogens with one attached hydrogen (secondary N) is 2. The average Bonchev–Trinajstić information content (AvgIpc) is 2.33. The highest BCUT2D eigenvalue weighted by molar-refractivity contribution is 5.90. The van der Waals surface area contributed by atoms with Crippen molar-refractivity contribution in [1.29, 1.82) is 0 Å². The number of hydrogen-bond acceptors (Lipinski definition) is 2. The maximum atomic E-state index is 12.5. The Balaban J connectivity index is 2.01. The summed E-state index contributed by atoms with van der Waals surface area (Å²) < 4.78 is 37.6. The van der Waals surface area contributed by atoms with Gasteiger partial charge in [-0.2, -0.15) is 13.2 Å². The molecule has 2 rings (SSSR count). The van der Waals surface area contributed by atoms with E-state index in [2.05, 4.69) is 10.6 Å². The van der Waals surface area contributed by atoms with Crippen molar-refractivity contribution in [3.8, 4) is 0 Å². The molecule has 0 heterocycles. The van der Waals surface area contributed by atoms with E-state index >= 15 is 0 Å². The van der Waals surface area contributed by atoms with Gasteiger partial charge in [-0.15, -0.1) is 0 Å². The van der Waals surface area contributed by atoms with Crippen molar-refractivity contribution < 1.29 is 18.0 Å². The van der Waals surface area contributed by atoms with E-state index in [1.807, 2.05) is 0 Å². The first-order valence-corrected chi connectivity index (χ1v) is 6.31. The van der Waals surface area contributed by atoms with Crippen LogP contribution in [-0.2, 0) is 6.18 Å². The minimum Gasteiger partial charge on any atom is -0.331 e. The van der Waals surface area contributed by atoms with Crippen LogP contribution >= 0.6 is 0 Å². The van der Waals surface area contributed by atoms with E-state index in [0.29, 0.717) is 6.54 Å². The second-order valence-corrected chi connectivity index (χ2v) is 5.00. The smallest absolute Gasteiger partial charge is 0.331 e. The van der Waals surface area contributed by atoms with Crippen LogP contribution < -0.4 is 16.4 Å². The van der Waals surface area contributed by atoms with Crippen molar-refractivity contribution in [3.05, 3.63) is 29.8 Å². The van der Waals surface area contributed by atoms with Crippen LogP contribution in [0.25, 0.3) is 0 Å². The molecule has 4 nitrogen and oxygen atoms in total. The van der Waals surface area contributed by atoms with Gasteiger partial charge in [0.05, 0.1) is 11.1 Å². The number of urea groups is 1. The molecule has 0 aliphatic heterocycles. The molecule has 20 heavy (non-hydrogen) atoms. The van der Waals surface area contributed by atoms with Crippen molar-refractivity contribution >= 4 is 11.7 Å². The van der Waals surface area contributed by atoms with Gasteiger partial charge in [0.1, 0.15) is 0 Å². The minimum absolute atomic E-state index is 0.101. The van der Waals surface area contributed by atoms with Gasteiger partial charge in [-0.1, -0.05) is 6.07 Å². The van der Waals surface area contributed by atoms with Crippen LogP contribution in [-0.4, -0.2) is 18.1 Å². The summed E-state index contributed by atoms with van der Waals surface area (Å²) in [6.45, 7) is 0.322. The molecule has 0 aromatic heterocycles. The number of carbonyl (C=O) groups excluding carboxylic acids is 1. The third-order valence-electron chi connectivity index (χ3n) is 3.53. The van der Waals surface area contributed by atoms with Crippen LogP contribution in [0.4, 0.5) is 23.7 Å². The van der Waals surface area contributed by atoms with Crippen molar-refractivity contribution in [2.24, 2.45) is 5.73 Å². The van der Waals surface area contributed by atoms with Gasteiger partial charge < -0.3 is 16.4 Å². The molecule has 0 bridgehead atoms. The van der Waals surface area contributed by atoms with Crippen LogP contribution in [0.15, 0.2) is 24.3 Å². The van der Waals surface area contributed by atoms with E-state index in [-0.39, 0.29) is 5.69 Å². The van der Waals surface area contributed by atoms with Crippen LogP contribution in [0, 0.1) is 0 Å². The highest BCUT2D eigenvalue weighted by Crippen LogP contribution is 2.32. The highest BCUT2D eigenvalue weighted by atomic mass is 19.4. The lowest BCUT2D eigenvalue weighted by atomic mass is 9.77. The Morgan fingerprint density at radius 3 is 2.55 bits per heavy atom. The summed E-state index contributed by atoms with van der Waals surface area (Å²) >= 11 is 0. The van der Waals surface area contributed by atoms with Gasteiger partial charge in [-0.3, -0.25) is 0 Å². The summed E-state index contributed by atoms with van der Waals surface area (Å²) in [6.07, 6.45) is -1.86. The fourth-order valence-corrected chi connectivity index (χ4v) is 2.16. The largest absolute Gasteiger partial charge is 0.416 e. The summed E-state index contributed by atoms with van der Waals surface area (Å²) in [5.41, 5.74) is 4.49. The summed E-state index contributed by atoms with van der Waals surface area (Å²) in [5.74, 6) is 0. The fourth-order valence-electron chi connectivity index (χ4n) is 2.16. The first-order valence-electron chi connectivity index (χ1n) is 6.31. The Labute approximate surface area is 114 Å². The molecule has 0 atom stereocenters. The van der Waals surface area contributed by atoms with Gasteiger partial charge in [0.2, 0.25) is 0 Å². The molecule has 110 valence electrons. The number of amides is 2. The summed E-state index contributed by atoms with van der Waals surface area (Å²) in [4.78, 5) is 11.8. The molecule has 0 spiro atoms. The summed E-state index contributed by atoms with van der Waals surface area (Å²) in [7, 11) is 0. The molecule has 1 saturated carbocycles. The quantitative estimate of drug-likeness (QED) is 0.800. The molecule has 0 saturated heterocycles. The standard InChI is InChI=1S/C13H16F3N3O/c14-13(15,16)9-3-1-4-10(7-9)18-11(20)19-12(8-17)5-2-6-12/h1,3-4,7H,2,5-6,8,17H2,(H2,18,19,20). The first kappa shape index (κ1) is 14.6. The average molecular weight is 287 g/mol. The SMILES string of the molecule is NCC1(NC(=O)Nc2cccc(C(F)(F)F)c2)CCC1. The number of carbonyl (C=O) groups is 1. The highest BCUT2D eigenvalue weighted by Gasteiger charge is 2.37.